The van der Waals surface area contributed by atoms with E-state index in [0.717, 1.165) is 68.6 Å². The number of nitrogens with zero attached hydrogens (tertiary/aromatic N) is 5. The first kappa shape index (κ1) is 26.9. The summed E-state index contributed by atoms with van der Waals surface area (Å²) in [6, 6.07) is 10.1. The molecule has 0 spiro atoms. The van der Waals surface area contributed by atoms with Crippen LogP contribution in [0.15, 0.2) is 57.1 Å². The Morgan fingerprint density at radius 1 is 1.16 bits per heavy atom. The second-order valence-electron chi connectivity index (χ2n) is 9.19. The molecule has 198 valence electrons. The van der Waals surface area contributed by atoms with E-state index in [-0.39, 0.29) is 5.91 Å². The van der Waals surface area contributed by atoms with Gasteiger partial charge >= 0.3 is 0 Å². The topological polar surface area (TPSA) is 135 Å². The highest BCUT2D eigenvalue weighted by atomic mass is 32.2. The Morgan fingerprint density at radius 2 is 1.86 bits per heavy atom. The van der Waals surface area contributed by atoms with Gasteiger partial charge in [0.25, 0.3) is 0 Å². The highest BCUT2D eigenvalue weighted by molar-refractivity contribution is 7.99. The van der Waals surface area contributed by atoms with E-state index in [1.807, 2.05) is 37.3 Å². The molecule has 1 aromatic heterocycles. The minimum absolute atomic E-state index is 0.0179. The van der Waals surface area contributed by atoms with Gasteiger partial charge in [0.05, 0.1) is 13.2 Å². The molecule has 2 aromatic rings. The first-order chi connectivity index (χ1) is 17.9. The van der Waals surface area contributed by atoms with Crippen molar-refractivity contribution in [2.24, 2.45) is 16.5 Å². The second kappa shape index (κ2) is 12.9. The van der Waals surface area contributed by atoms with E-state index in [1.54, 1.807) is 13.0 Å². The predicted molar refractivity (Wildman–Crippen MR) is 148 cm³/mol. The lowest BCUT2D eigenvalue weighted by Crippen LogP contribution is -2.49. The molecule has 0 saturated carbocycles. The Hall–Kier alpha value is -3.15. The van der Waals surface area contributed by atoms with Gasteiger partial charge in [-0.1, -0.05) is 6.92 Å². The first-order valence-corrected chi connectivity index (χ1v) is 13.5. The van der Waals surface area contributed by atoms with Crippen LogP contribution in [0.2, 0.25) is 0 Å². The number of anilines is 2. The Labute approximate surface area is 222 Å². The van der Waals surface area contributed by atoms with Gasteiger partial charge in [-0.3, -0.25) is 9.69 Å². The number of carbonyl (C=O) groups excluding carboxylic acids is 1. The monoisotopic (exact) mass is 524 g/mol. The number of aromatic nitrogens is 2. The average Bonchev–Trinajstić information content (AvgIpc) is 2.89. The number of amidine groups is 1. The molecule has 0 radical (unpaired) electrons. The number of aliphatic imine (C=N–C) groups is 1. The molecule has 1 amide bonds. The van der Waals surface area contributed by atoms with Crippen molar-refractivity contribution in [2.45, 2.75) is 49.2 Å². The van der Waals surface area contributed by atoms with Crippen molar-refractivity contribution in [1.29, 1.82) is 0 Å². The number of carbonyl (C=O) groups is 1. The highest BCUT2D eigenvalue weighted by Gasteiger charge is 2.27. The SMILES string of the molecule is CCC(=O)Nc1ccc(Sc2nc(N=C(N)C=C(C)N)cc(N3CCC(N4CCOCC4)CC3)n2)cc1. The Bertz CT molecular complexity index is 1120. The average molecular weight is 525 g/mol. The van der Waals surface area contributed by atoms with Crippen LogP contribution in [-0.4, -0.2) is 72.0 Å². The Kier molecular flexibility index (Phi) is 9.37. The predicted octanol–water partition coefficient (Wildman–Crippen LogP) is 3.13. The third kappa shape index (κ3) is 7.91. The van der Waals surface area contributed by atoms with E-state index in [1.165, 1.54) is 11.8 Å². The number of morpholine rings is 1. The molecule has 0 bridgehead atoms. The number of nitrogens with one attached hydrogen (secondary N) is 1. The quantitative estimate of drug-likeness (QED) is 0.270. The maximum absolute atomic E-state index is 11.7. The van der Waals surface area contributed by atoms with Crippen molar-refractivity contribution >= 4 is 40.8 Å². The molecule has 1 aromatic carbocycles. The van der Waals surface area contributed by atoms with Crippen LogP contribution in [0.4, 0.5) is 17.3 Å². The number of ether oxygens (including phenoxy) is 1. The van der Waals surface area contributed by atoms with Gasteiger partial charge in [0.15, 0.2) is 11.0 Å². The number of hydrogen-bond acceptors (Lipinski definition) is 9. The maximum atomic E-state index is 11.7. The summed E-state index contributed by atoms with van der Waals surface area (Å²) in [5, 5.41) is 3.45. The van der Waals surface area contributed by atoms with E-state index in [4.69, 9.17) is 21.2 Å². The number of benzene rings is 1. The van der Waals surface area contributed by atoms with Crippen LogP contribution in [0.25, 0.3) is 0 Å². The molecular formula is C26H36N8O2S. The fraction of sp³-hybridized carbons (Fsp3) is 0.462. The summed E-state index contributed by atoms with van der Waals surface area (Å²) < 4.78 is 5.52. The summed E-state index contributed by atoms with van der Waals surface area (Å²) in [6.45, 7) is 9.06. The standard InChI is InChI=1S/C26H36N8O2S/c1-3-25(35)29-19-4-6-21(7-5-19)37-26-31-23(30-22(28)16-18(2)27)17-24(32-26)34-10-8-20(9-11-34)33-12-14-36-15-13-33/h4-7,16-17,20H,3,8-15,27H2,1-2H3,(H,29,35)(H2,28,30,31,32). The summed E-state index contributed by atoms with van der Waals surface area (Å²) in [5.74, 6) is 1.60. The number of amides is 1. The van der Waals surface area contributed by atoms with Crippen LogP contribution < -0.4 is 21.7 Å². The minimum Gasteiger partial charge on any atom is -0.402 e. The molecule has 2 fully saturated rings. The van der Waals surface area contributed by atoms with Crippen LogP contribution in [0.1, 0.15) is 33.1 Å². The van der Waals surface area contributed by atoms with Gasteiger partial charge in [-0.15, -0.1) is 0 Å². The van der Waals surface area contributed by atoms with Gasteiger partial charge in [0.1, 0.15) is 11.7 Å². The van der Waals surface area contributed by atoms with Crippen LogP contribution in [0, 0.1) is 0 Å². The molecule has 2 aliphatic rings. The first-order valence-electron chi connectivity index (χ1n) is 12.7. The summed E-state index contributed by atoms with van der Waals surface area (Å²) in [6.07, 6.45) is 4.21. The largest absolute Gasteiger partial charge is 0.402 e. The van der Waals surface area contributed by atoms with Crippen LogP contribution in [0.3, 0.4) is 0 Å². The third-order valence-electron chi connectivity index (χ3n) is 6.32. The summed E-state index contributed by atoms with van der Waals surface area (Å²) in [7, 11) is 0. The number of rotatable bonds is 8. The molecule has 2 saturated heterocycles. The Morgan fingerprint density at radius 3 is 2.51 bits per heavy atom. The summed E-state index contributed by atoms with van der Waals surface area (Å²) in [4.78, 5) is 31.5. The van der Waals surface area contributed by atoms with Crippen LogP contribution in [-0.2, 0) is 9.53 Å². The van der Waals surface area contributed by atoms with Crippen LogP contribution >= 0.6 is 11.8 Å². The molecule has 37 heavy (non-hydrogen) atoms. The molecular weight excluding hydrogens is 488 g/mol. The molecule has 0 aliphatic carbocycles. The van der Waals surface area contributed by atoms with Crippen molar-refractivity contribution in [1.82, 2.24) is 14.9 Å². The Balaban J connectivity index is 1.52. The van der Waals surface area contributed by atoms with E-state index in [9.17, 15) is 4.79 Å². The number of piperidine rings is 1. The van der Waals surface area contributed by atoms with Gasteiger partial charge in [-0.2, -0.15) is 0 Å². The molecule has 5 N–H and O–H groups in total. The second-order valence-corrected chi connectivity index (χ2v) is 10.2. The number of nitrogens with two attached hydrogens (primary N) is 2. The number of allylic oxidation sites excluding steroid dienone is 1. The molecule has 2 aliphatic heterocycles. The van der Waals surface area contributed by atoms with E-state index in [2.05, 4.69) is 25.1 Å². The lowest BCUT2D eigenvalue weighted by molar-refractivity contribution is -0.115. The van der Waals surface area contributed by atoms with Gasteiger partial charge in [0, 0.05) is 61.0 Å². The zero-order valence-corrected chi connectivity index (χ0v) is 22.3. The zero-order chi connectivity index (χ0) is 26.2. The van der Waals surface area contributed by atoms with Crippen molar-refractivity contribution < 1.29 is 9.53 Å². The van der Waals surface area contributed by atoms with E-state index >= 15 is 0 Å². The smallest absolute Gasteiger partial charge is 0.224 e. The molecule has 3 heterocycles. The molecule has 0 atom stereocenters. The fourth-order valence-corrected chi connectivity index (χ4v) is 5.19. The minimum atomic E-state index is -0.0179. The van der Waals surface area contributed by atoms with Crippen LogP contribution in [0.5, 0.6) is 0 Å². The summed E-state index contributed by atoms with van der Waals surface area (Å²) >= 11 is 1.44. The number of hydrogen-bond donors (Lipinski definition) is 3. The fourth-order valence-electron chi connectivity index (χ4n) is 4.43. The molecule has 0 unspecified atom stereocenters. The van der Waals surface area contributed by atoms with Crippen molar-refractivity contribution in [3.63, 3.8) is 0 Å². The van der Waals surface area contributed by atoms with Gasteiger partial charge in [0.2, 0.25) is 5.91 Å². The van der Waals surface area contributed by atoms with Gasteiger partial charge < -0.3 is 26.4 Å². The third-order valence-corrected chi connectivity index (χ3v) is 7.19. The summed E-state index contributed by atoms with van der Waals surface area (Å²) in [5.41, 5.74) is 13.2. The van der Waals surface area contributed by atoms with E-state index < -0.39 is 0 Å². The molecule has 10 nitrogen and oxygen atoms in total. The van der Waals surface area contributed by atoms with Crippen molar-refractivity contribution in [3.8, 4) is 0 Å². The maximum Gasteiger partial charge on any atom is 0.224 e. The van der Waals surface area contributed by atoms with E-state index in [0.29, 0.717) is 35.0 Å². The van der Waals surface area contributed by atoms with Gasteiger partial charge in [-0.05, 0) is 61.9 Å². The van der Waals surface area contributed by atoms with Gasteiger partial charge in [-0.25, -0.2) is 15.0 Å². The highest BCUT2D eigenvalue weighted by Crippen LogP contribution is 2.31. The lowest BCUT2D eigenvalue weighted by atomic mass is 10.0. The lowest BCUT2D eigenvalue weighted by Gasteiger charge is -2.40. The zero-order valence-electron chi connectivity index (χ0n) is 21.5. The van der Waals surface area contributed by atoms with Crippen molar-refractivity contribution in [3.05, 3.63) is 42.1 Å². The van der Waals surface area contributed by atoms with Crippen molar-refractivity contribution in [2.75, 3.05) is 49.6 Å². The normalized spacial score (nSPS) is 18.2. The molecule has 4 rings (SSSR count). The molecule has 11 heteroatoms.